The second kappa shape index (κ2) is 10.4. The number of carboxylic acid groups (broad SMARTS) is 1. The molecular formula is C27H25FN2O5. The maximum Gasteiger partial charge on any atom is 0.326 e. The fraction of sp³-hybridized carbons (Fsp3) is 0.222. The Hall–Kier alpha value is -4.20. The summed E-state index contributed by atoms with van der Waals surface area (Å²) in [7, 11) is 0. The normalized spacial score (nSPS) is 17.1. The lowest BCUT2D eigenvalue weighted by Crippen LogP contribution is -2.45. The van der Waals surface area contributed by atoms with Crippen LogP contribution in [0.3, 0.4) is 0 Å². The van der Waals surface area contributed by atoms with Crippen molar-refractivity contribution in [3.63, 3.8) is 0 Å². The van der Waals surface area contributed by atoms with E-state index in [0.717, 1.165) is 11.1 Å². The summed E-state index contributed by atoms with van der Waals surface area (Å²) in [6.45, 7) is 1.94. The number of halogens is 1. The van der Waals surface area contributed by atoms with Crippen LogP contribution in [0.5, 0.6) is 11.5 Å². The Bertz CT molecular complexity index is 1230. The van der Waals surface area contributed by atoms with Gasteiger partial charge in [-0.1, -0.05) is 24.3 Å². The smallest absolute Gasteiger partial charge is 0.326 e. The van der Waals surface area contributed by atoms with Crippen LogP contribution in [0.25, 0.3) is 0 Å². The number of hydrogen-bond donors (Lipinski definition) is 2. The van der Waals surface area contributed by atoms with Crippen molar-refractivity contribution in [2.45, 2.75) is 25.3 Å². The Balaban J connectivity index is 1.35. The second-order valence-corrected chi connectivity index (χ2v) is 8.45. The van der Waals surface area contributed by atoms with Crippen molar-refractivity contribution in [2.75, 3.05) is 13.1 Å². The van der Waals surface area contributed by atoms with E-state index in [0.29, 0.717) is 23.5 Å². The highest BCUT2D eigenvalue weighted by Crippen LogP contribution is 2.33. The third kappa shape index (κ3) is 5.66. The van der Waals surface area contributed by atoms with Crippen LogP contribution in [0.1, 0.15) is 33.8 Å². The largest absolute Gasteiger partial charge is 0.480 e. The Morgan fingerprint density at radius 1 is 1.00 bits per heavy atom. The molecule has 3 aromatic carbocycles. The second-order valence-electron chi connectivity index (χ2n) is 8.45. The standard InChI is InChI=1S/C27H25FN2O5/c1-17-4-2-3-5-23(17)19-14-24(27(33)34)30(16-19)25(31)15-29-26(32)18-6-10-21(11-7-18)35-22-12-8-20(28)9-13-22/h2-13,19,24H,14-16H2,1H3,(H,29,32)(H,33,34). The van der Waals surface area contributed by atoms with Gasteiger partial charge in [-0.3, -0.25) is 9.59 Å². The molecule has 0 bridgehead atoms. The quantitative estimate of drug-likeness (QED) is 0.535. The molecule has 0 saturated carbocycles. The van der Waals surface area contributed by atoms with E-state index in [1.165, 1.54) is 29.2 Å². The van der Waals surface area contributed by atoms with Gasteiger partial charge in [0, 0.05) is 18.0 Å². The van der Waals surface area contributed by atoms with Gasteiger partial charge in [0.1, 0.15) is 23.4 Å². The number of amides is 2. The van der Waals surface area contributed by atoms with E-state index in [4.69, 9.17) is 4.74 Å². The molecule has 1 saturated heterocycles. The minimum Gasteiger partial charge on any atom is -0.480 e. The molecule has 2 atom stereocenters. The monoisotopic (exact) mass is 476 g/mol. The number of nitrogens with zero attached hydrogens (tertiary/aromatic N) is 1. The molecule has 2 unspecified atom stereocenters. The summed E-state index contributed by atoms with van der Waals surface area (Å²) in [6, 6.07) is 18.6. The lowest BCUT2D eigenvalue weighted by atomic mass is 9.93. The number of likely N-dealkylation sites (tertiary alicyclic amines) is 1. The zero-order chi connectivity index (χ0) is 24.9. The Kier molecular flexibility index (Phi) is 7.10. The molecule has 35 heavy (non-hydrogen) atoms. The van der Waals surface area contributed by atoms with Gasteiger partial charge in [0.05, 0.1) is 6.54 Å². The maximum absolute atomic E-state index is 13.0. The first-order valence-electron chi connectivity index (χ1n) is 11.2. The van der Waals surface area contributed by atoms with Gasteiger partial charge in [-0.05, 0) is 73.0 Å². The summed E-state index contributed by atoms with van der Waals surface area (Å²) in [6.07, 6.45) is 0.329. The zero-order valence-electron chi connectivity index (χ0n) is 19.1. The molecule has 0 radical (unpaired) electrons. The van der Waals surface area contributed by atoms with Gasteiger partial charge >= 0.3 is 5.97 Å². The Morgan fingerprint density at radius 2 is 1.63 bits per heavy atom. The third-order valence-corrected chi connectivity index (χ3v) is 6.10. The van der Waals surface area contributed by atoms with Crippen LogP contribution in [0, 0.1) is 12.7 Å². The Morgan fingerprint density at radius 3 is 2.26 bits per heavy atom. The minimum absolute atomic E-state index is 0.0781. The molecule has 180 valence electrons. The van der Waals surface area contributed by atoms with Crippen LogP contribution in [-0.4, -0.2) is 46.9 Å². The van der Waals surface area contributed by atoms with Crippen molar-refractivity contribution >= 4 is 17.8 Å². The number of hydrogen-bond acceptors (Lipinski definition) is 4. The molecule has 2 N–H and O–H groups in total. The van der Waals surface area contributed by atoms with Gasteiger partial charge in [-0.15, -0.1) is 0 Å². The molecule has 8 heteroatoms. The highest BCUT2D eigenvalue weighted by molar-refractivity contribution is 5.97. The number of carboxylic acids is 1. The van der Waals surface area contributed by atoms with E-state index >= 15 is 0 Å². The Labute approximate surface area is 202 Å². The predicted octanol–water partition coefficient (Wildman–Crippen LogP) is 4.13. The number of ether oxygens (including phenoxy) is 1. The van der Waals surface area contributed by atoms with E-state index < -0.39 is 23.8 Å². The fourth-order valence-electron chi connectivity index (χ4n) is 4.29. The van der Waals surface area contributed by atoms with Crippen LogP contribution >= 0.6 is 0 Å². The van der Waals surface area contributed by atoms with Crippen molar-refractivity contribution in [3.8, 4) is 11.5 Å². The molecule has 2 amide bonds. The summed E-state index contributed by atoms with van der Waals surface area (Å²) in [5.74, 6) is -1.49. The molecule has 1 aliphatic rings. The molecule has 1 aliphatic heterocycles. The summed E-state index contributed by atoms with van der Waals surface area (Å²) < 4.78 is 18.6. The van der Waals surface area contributed by atoms with Crippen molar-refractivity contribution in [3.05, 3.63) is 95.3 Å². The average Bonchev–Trinajstić information content (AvgIpc) is 3.30. The van der Waals surface area contributed by atoms with Gasteiger partial charge in [-0.2, -0.15) is 0 Å². The van der Waals surface area contributed by atoms with E-state index in [2.05, 4.69) is 5.32 Å². The number of nitrogens with one attached hydrogen (secondary N) is 1. The molecule has 1 fully saturated rings. The van der Waals surface area contributed by atoms with Crippen molar-refractivity contribution < 1.29 is 28.6 Å². The number of aryl methyl sites for hydroxylation is 1. The summed E-state index contributed by atoms with van der Waals surface area (Å²) >= 11 is 0. The van der Waals surface area contributed by atoms with Gasteiger partial charge in [-0.25, -0.2) is 9.18 Å². The number of benzene rings is 3. The predicted molar refractivity (Wildman–Crippen MR) is 127 cm³/mol. The molecule has 0 aromatic heterocycles. The van der Waals surface area contributed by atoms with Gasteiger partial charge in [0.25, 0.3) is 5.91 Å². The zero-order valence-corrected chi connectivity index (χ0v) is 19.1. The number of aliphatic carboxylic acids is 1. The van der Waals surface area contributed by atoms with Crippen LogP contribution < -0.4 is 10.1 Å². The molecule has 0 aliphatic carbocycles. The van der Waals surface area contributed by atoms with E-state index in [1.807, 2.05) is 31.2 Å². The first-order chi connectivity index (χ1) is 16.8. The molecule has 7 nitrogen and oxygen atoms in total. The number of carbonyl (C=O) groups excluding carboxylic acids is 2. The summed E-state index contributed by atoms with van der Waals surface area (Å²) in [5.41, 5.74) is 2.40. The highest BCUT2D eigenvalue weighted by atomic mass is 19.1. The number of carbonyl (C=O) groups is 3. The van der Waals surface area contributed by atoms with Gasteiger partial charge < -0.3 is 20.1 Å². The number of rotatable bonds is 7. The van der Waals surface area contributed by atoms with Crippen LogP contribution in [0.15, 0.2) is 72.8 Å². The van der Waals surface area contributed by atoms with E-state index in [1.54, 1.807) is 24.3 Å². The molecule has 3 aromatic rings. The molecule has 0 spiro atoms. The van der Waals surface area contributed by atoms with Crippen molar-refractivity contribution in [1.82, 2.24) is 10.2 Å². The van der Waals surface area contributed by atoms with E-state index in [-0.39, 0.29) is 24.8 Å². The van der Waals surface area contributed by atoms with Crippen LogP contribution in [0.2, 0.25) is 0 Å². The highest BCUT2D eigenvalue weighted by Gasteiger charge is 2.40. The van der Waals surface area contributed by atoms with Crippen molar-refractivity contribution in [2.24, 2.45) is 0 Å². The van der Waals surface area contributed by atoms with Crippen LogP contribution in [-0.2, 0) is 9.59 Å². The summed E-state index contributed by atoms with van der Waals surface area (Å²) in [4.78, 5) is 38.5. The third-order valence-electron chi connectivity index (χ3n) is 6.10. The molecule has 1 heterocycles. The average molecular weight is 477 g/mol. The lowest BCUT2D eigenvalue weighted by molar-refractivity contribution is -0.147. The summed E-state index contributed by atoms with van der Waals surface area (Å²) in [5, 5.41) is 12.2. The molecule has 4 rings (SSSR count). The topological polar surface area (TPSA) is 95.9 Å². The van der Waals surface area contributed by atoms with Gasteiger partial charge in [0.2, 0.25) is 5.91 Å². The first-order valence-corrected chi connectivity index (χ1v) is 11.2. The van der Waals surface area contributed by atoms with E-state index in [9.17, 15) is 23.9 Å². The van der Waals surface area contributed by atoms with Gasteiger partial charge in [0.15, 0.2) is 0 Å². The first kappa shape index (κ1) is 23.9. The minimum atomic E-state index is -1.06. The SMILES string of the molecule is Cc1ccccc1C1CC(C(=O)O)N(C(=O)CNC(=O)c2ccc(Oc3ccc(F)cc3)cc2)C1. The maximum atomic E-state index is 13.0. The van der Waals surface area contributed by atoms with Crippen molar-refractivity contribution in [1.29, 1.82) is 0 Å². The van der Waals surface area contributed by atoms with Crippen LogP contribution in [0.4, 0.5) is 4.39 Å². The lowest BCUT2D eigenvalue weighted by Gasteiger charge is -2.21. The fourth-order valence-corrected chi connectivity index (χ4v) is 4.29. The molecular weight excluding hydrogens is 451 g/mol.